The second-order valence-electron chi connectivity index (χ2n) is 6.03. The van der Waals surface area contributed by atoms with Gasteiger partial charge in [-0.25, -0.2) is 0 Å². The number of ether oxygens (including phenoxy) is 2. The fourth-order valence-electron chi connectivity index (χ4n) is 2.69. The molecular formula is C15H30O3. The molecule has 18 heavy (non-hydrogen) atoms. The van der Waals surface area contributed by atoms with E-state index in [2.05, 4.69) is 20.8 Å². The molecule has 1 saturated carbocycles. The maximum absolute atomic E-state index is 10.0. The van der Waals surface area contributed by atoms with Crippen molar-refractivity contribution in [3.8, 4) is 0 Å². The Kier molecular flexibility index (Phi) is 6.61. The quantitative estimate of drug-likeness (QED) is 0.713. The molecule has 0 bridgehead atoms. The zero-order valence-electron chi connectivity index (χ0n) is 12.4. The highest BCUT2D eigenvalue weighted by Gasteiger charge is 2.36. The average Bonchev–Trinajstić information content (AvgIpc) is 2.36. The second kappa shape index (κ2) is 7.46. The van der Waals surface area contributed by atoms with Crippen LogP contribution in [0.25, 0.3) is 0 Å². The molecule has 3 atom stereocenters. The molecule has 3 heteroatoms. The smallest absolute Gasteiger partial charge is 0.0837 e. The molecule has 3 unspecified atom stereocenters. The van der Waals surface area contributed by atoms with Gasteiger partial charge < -0.3 is 14.6 Å². The van der Waals surface area contributed by atoms with Crippen LogP contribution in [-0.2, 0) is 9.47 Å². The molecule has 0 radical (unpaired) electrons. The Morgan fingerprint density at radius 3 is 2.50 bits per heavy atom. The van der Waals surface area contributed by atoms with E-state index in [-0.39, 0.29) is 12.2 Å². The third kappa shape index (κ3) is 4.52. The van der Waals surface area contributed by atoms with Gasteiger partial charge in [-0.1, -0.05) is 27.2 Å². The summed E-state index contributed by atoms with van der Waals surface area (Å²) >= 11 is 0. The first-order chi connectivity index (χ1) is 8.51. The van der Waals surface area contributed by atoms with Gasteiger partial charge in [0.05, 0.1) is 25.4 Å². The lowest BCUT2D eigenvalue weighted by Crippen LogP contribution is -2.40. The Hall–Kier alpha value is -0.120. The lowest BCUT2D eigenvalue weighted by atomic mass is 9.68. The number of hydrogen-bond donors (Lipinski definition) is 1. The van der Waals surface area contributed by atoms with Crippen molar-refractivity contribution >= 4 is 0 Å². The fourth-order valence-corrected chi connectivity index (χ4v) is 2.69. The summed E-state index contributed by atoms with van der Waals surface area (Å²) < 4.78 is 11.1. The minimum absolute atomic E-state index is 0.00460. The molecule has 0 aromatic carbocycles. The molecule has 0 saturated heterocycles. The fraction of sp³-hybridized carbons (Fsp3) is 1.00. The summed E-state index contributed by atoms with van der Waals surface area (Å²) in [4.78, 5) is 0. The molecule has 1 rings (SSSR count). The van der Waals surface area contributed by atoms with Crippen LogP contribution in [0.15, 0.2) is 0 Å². The van der Waals surface area contributed by atoms with Crippen LogP contribution < -0.4 is 0 Å². The van der Waals surface area contributed by atoms with Gasteiger partial charge in [-0.2, -0.15) is 0 Å². The molecule has 0 aliphatic heterocycles. The zero-order chi connectivity index (χ0) is 13.6. The van der Waals surface area contributed by atoms with Crippen LogP contribution in [0.1, 0.15) is 53.4 Å². The van der Waals surface area contributed by atoms with E-state index in [0.29, 0.717) is 24.5 Å². The molecule has 0 aromatic rings. The van der Waals surface area contributed by atoms with E-state index in [0.717, 1.165) is 25.9 Å². The van der Waals surface area contributed by atoms with Crippen molar-refractivity contribution in [2.75, 3.05) is 19.8 Å². The van der Waals surface area contributed by atoms with Crippen molar-refractivity contribution in [3.63, 3.8) is 0 Å². The molecule has 0 amide bonds. The summed E-state index contributed by atoms with van der Waals surface area (Å²) in [6.07, 6.45) is 3.85. The lowest BCUT2D eigenvalue weighted by molar-refractivity contribution is -0.0959. The Morgan fingerprint density at radius 1 is 1.17 bits per heavy atom. The molecule has 1 fully saturated rings. The Balaban J connectivity index is 2.41. The molecule has 1 N–H and O–H groups in total. The van der Waals surface area contributed by atoms with Crippen molar-refractivity contribution < 1.29 is 14.6 Å². The van der Waals surface area contributed by atoms with Gasteiger partial charge in [0.25, 0.3) is 0 Å². The molecular weight excluding hydrogens is 228 g/mol. The summed E-state index contributed by atoms with van der Waals surface area (Å²) in [6.45, 7) is 10.8. The van der Waals surface area contributed by atoms with Gasteiger partial charge in [0.1, 0.15) is 0 Å². The van der Waals surface area contributed by atoms with Crippen LogP contribution in [0.4, 0.5) is 0 Å². The normalized spacial score (nSPS) is 29.5. The Labute approximate surface area is 112 Å². The van der Waals surface area contributed by atoms with Gasteiger partial charge in [0.15, 0.2) is 0 Å². The topological polar surface area (TPSA) is 38.7 Å². The molecule has 0 heterocycles. The summed E-state index contributed by atoms with van der Waals surface area (Å²) in [5, 5.41) is 10.0. The number of rotatable bonds is 7. The minimum atomic E-state index is -0.296. The van der Waals surface area contributed by atoms with Gasteiger partial charge in [0.2, 0.25) is 0 Å². The van der Waals surface area contributed by atoms with Crippen molar-refractivity contribution in [1.82, 2.24) is 0 Å². The van der Waals surface area contributed by atoms with Crippen molar-refractivity contribution in [2.45, 2.75) is 65.6 Å². The number of aliphatic hydroxyl groups is 1. The van der Waals surface area contributed by atoms with Crippen LogP contribution >= 0.6 is 0 Å². The third-order valence-electron chi connectivity index (χ3n) is 4.54. The number of aliphatic hydroxyl groups excluding tert-OH is 1. The van der Waals surface area contributed by atoms with Crippen molar-refractivity contribution in [1.29, 1.82) is 0 Å². The first-order valence-corrected chi connectivity index (χ1v) is 7.38. The molecule has 0 spiro atoms. The van der Waals surface area contributed by atoms with Crippen molar-refractivity contribution in [2.24, 2.45) is 11.3 Å². The van der Waals surface area contributed by atoms with Crippen LogP contribution in [-0.4, -0.2) is 37.1 Å². The SMILES string of the molecule is CCOCCOC1CC(C(C)(C)CC)CCC1O. The maximum Gasteiger partial charge on any atom is 0.0837 e. The van der Waals surface area contributed by atoms with Gasteiger partial charge in [-0.05, 0) is 37.5 Å². The Bertz CT molecular complexity index is 228. The van der Waals surface area contributed by atoms with E-state index in [1.54, 1.807) is 0 Å². The van der Waals surface area contributed by atoms with Gasteiger partial charge in [0, 0.05) is 6.61 Å². The highest BCUT2D eigenvalue weighted by atomic mass is 16.5. The molecule has 3 nitrogen and oxygen atoms in total. The Morgan fingerprint density at radius 2 is 1.89 bits per heavy atom. The monoisotopic (exact) mass is 258 g/mol. The molecule has 0 aromatic heterocycles. The molecule has 108 valence electrons. The first-order valence-electron chi connectivity index (χ1n) is 7.38. The van der Waals surface area contributed by atoms with Crippen LogP contribution in [0, 0.1) is 11.3 Å². The maximum atomic E-state index is 10.0. The first kappa shape index (κ1) is 15.9. The lowest BCUT2D eigenvalue weighted by Gasteiger charge is -2.41. The predicted octanol–water partition coefficient (Wildman–Crippen LogP) is 3.01. The van der Waals surface area contributed by atoms with E-state index >= 15 is 0 Å². The summed E-state index contributed by atoms with van der Waals surface area (Å²) in [5.41, 5.74) is 0.349. The number of hydrogen-bond acceptors (Lipinski definition) is 3. The predicted molar refractivity (Wildman–Crippen MR) is 73.7 cm³/mol. The van der Waals surface area contributed by atoms with Gasteiger partial charge in [-0.3, -0.25) is 0 Å². The van der Waals surface area contributed by atoms with Crippen LogP contribution in [0.2, 0.25) is 0 Å². The van der Waals surface area contributed by atoms with Crippen LogP contribution in [0.5, 0.6) is 0 Å². The largest absolute Gasteiger partial charge is 0.390 e. The highest BCUT2D eigenvalue weighted by Crippen LogP contribution is 2.41. The van der Waals surface area contributed by atoms with E-state index in [9.17, 15) is 5.11 Å². The van der Waals surface area contributed by atoms with E-state index in [1.165, 1.54) is 6.42 Å². The summed E-state index contributed by atoms with van der Waals surface area (Å²) in [7, 11) is 0. The summed E-state index contributed by atoms with van der Waals surface area (Å²) in [6, 6.07) is 0. The second-order valence-corrected chi connectivity index (χ2v) is 6.03. The molecule has 1 aliphatic carbocycles. The summed E-state index contributed by atoms with van der Waals surface area (Å²) in [5.74, 6) is 0.656. The van der Waals surface area contributed by atoms with Gasteiger partial charge in [-0.15, -0.1) is 0 Å². The van der Waals surface area contributed by atoms with Crippen LogP contribution in [0.3, 0.4) is 0 Å². The van der Waals surface area contributed by atoms with Gasteiger partial charge >= 0.3 is 0 Å². The van der Waals surface area contributed by atoms with E-state index < -0.39 is 0 Å². The third-order valence-corrected chi connectivity index (χ3v) is 4.54. The van der Waals surface area contributed by atoms with E-state index in [4.69, 9.17) is 9.47 Å². The molecule has 1 aliphatic rings. The van der Waals surface area contributed by atoms with E-state index in [1.807, 2.05) is 6.92 Å². The average molecular weight is 258 g/mol. The zero-order valence-corrected chi connectivity index (χ0v) is 12.4. The minimum Gasteiger partial charge on any atom is -0.390 e. The standard InChI is InChI=1S/C15H30O3/c1-5-15(3,4)12-7-8-13(16)14(11-12)18-10-9-17-6-2/h12-14,16H,5-11H2,1-4H3. The van der Waals surface area contributed by atoms with Crippen molar-refractivity contribution in [3.05, 3.63) is 0 Å². The highest BCUT2D eigenvalue weighted by molar-refractivity contribution is 4.87.